The van der Waals surface area contributed by atoms with Crippen molar-refractivity contribution >= 4 is 35.9 Å². The Labute approximate surface area is 184 Å². The molecule has 154 valence electrons. The number of piperidine rings is 1. The summed E-state index contributed by atoms with van der Waals surface area (Å²) in [5.41, 5.74) is 0.370. The summed E-state index contributed by atoms with van der Waals surface area (Å²) in [5.74, 6) is 2.42. The van der Waals surface area contributed by atoms with Crippen LogP contribution in [0.4, 0.5) is 5.95 Å². The van der Waals surface area contributed by atoms with Gasteiger partial charge in [-0.1, -0.05) is 6.42 Å². The minimum atomic E-state index is 0. The van der Waals surface area contributed by atoms with Crippen LogP contribution < -0.4 is 15.5 Å². The molecule has 8 heteroatoms. The lowest BCUT2D eigenvalue weighted by Crippen LogP contribution is -2.73. The SMILES string of the molecule is CN=C(NC1CCCN(c2ncccn2)C1)NC1C2CCOC2C12CCC2.I. The summed E-state index contributed by atoms with van der Waals surface area (Å²) in [6.07, 6.45) is 11.5. The molecular weight excluding hydrogens is 467 g/mol. The molecule has 0 radical (unpaired) electrons. The van der Waals surface area contributed by atoms with Gasteiger partial charge in [0.25, 0.3) is 0 Å². The first-order chi connectivity index (χ1) is 13.3. The predicted molar refractivity (Wildman–Crippen MR) is 120 cm³/mol. The number of ether oxygens (including phenoxy) is 1. The highest BCUT2D eigenvalue weighted by molar-refractivity contribution is 14.0. The highest BCUT2D eigenvalue weighted by Crippen LogP contribution is 2.62. The third kappa shape index (κ3) is 3.36. The topological polar surface area (TPSA) is 74.7 Å². The van der Waals surface area contributed by atoms with Gasteiger partial charge in [-0.2, -0.15) is 0 Å². The van der Waals surface area contributed by atoms with Gasteiger partial charge in [0, 0.05) is 62.6 Å². The van der Waals surface area contributed by atoms with E-state index in [9.17, 15) is 0 Å². The second kappa shape index (κ2) is 8.30. The average molecular weight is 498 g/mol. The van der Waals surface area contributed by atoms with Crippen molar-refractivity contribution in [3.8, 4) is 0 Å². The van der Waals surface area contributed by atoms with Gasteiger partial charge in [-0.3, -0.25) is 4.99 Å². The number of nitrogens with one attached hydrogen (secondary N) is 2. The Kier molecular flexibility index (Phi) is 5.96. The molecule has 4 aliphatic rings. The third-order valence-corrected chi connectivity index (χ3v) is 7.15. The smallest absolute Gasteiger partial charge is 0.225 e. The fourth-order valence-corrected chi connectivity index (χ4v) is 5.70. The first-order valence-corrected chi connectivity index (χ1v) is 10.4. The van der Waals surface area contributed by atoms with Crippen molar-refractivity contribution in [2.24, 2.45) is 16.3 Å². The molecule has 1 aromatic heterocycles. The van der Waals surface area contributed by atoms with Gasteiger partial charge in [-0.15, -0.1) is 24.0 Å². The molecule has 4 atom stereocenters. The number of anilines is 1. The Hall–Kier alpha value is -1.16. The maximum Gasteiger partial charge on any atom is 0.225 e. The number of nitrogens with zero attached hydrogens (tertiary/aromatic N) is 4. The van der Waals surface area contributed by atoms with Crippen molar-refractivity contribution in [1.29, 1.82) is 0 Å². The van der Waals surface area contributed by atoms with Crippen LogP contribution in [-0.2, 0) is 4.74 Å². The Morgan fingerprint density at radius 1 is 1.21 bits per heavy atom. The zero-order chi connectivity index (χ0) is 18.3. The number of aromatic nitrogens is 2. The van der Waals surface area contributed by atoms with Gasteiger partial charge in [-0.25, -0.2) is 9.97 Å². The summed E-state index contributed by atoms with van der Waals surface area (Å²) >= 11 is 0. The van der Waals surface area contributed by atoms with E-state index in [1.807, 2.05) is 25.5 Å². The average Bonchev–Trinajstić information content (AvgIpc) is 3.10. The summed E-state index contributed by atoms with van der Waals surface area (Å²) in [4.78, 5) is 15.6. The van der Waals surface area contributed by atoms with Crippen molar-refractivity contribution in [2.75, 3.05) is 31.6 Å². The zero-order valence-corrected chi connectivity index (χ0v) is 18.8. The molecule has 7 nitrogen and oxygen atoms in total. The second-order valence-corrected chi connectivity index (χ2v) is 8.50. The molecule has 5 rings (SSSR count). The maximum absolute atomic E-state index is 6.05. The number of aliphatic imine (C=N–C) groups is 1. The van der Waals surface area contributed by atoms with Crippen LogP contribution in [0.5, 0.6) is 0 Å². The lowest BCUT2D eigenvalue weighted by atomic mass is 9.46. The normalized spacial score (nSPS) is 33.3. The summed E-state index contributed by atoms with van der Waals surface area (Å²) in [6.45, 7) is 2.85. The zero-order valence-electron chi connectivity index (χ0n) is 16.5. The fourth-order valence-electron chi connectivity index (χ4n) is 5.70. The predicted octanol–water partition coefficient (Wildman–Crippen LogP) is 2.19. The van der Waals surface area contributed by atoms with Crippen LogP contribution in [0.2, 0.25) is 0 Å². The van der Waals surface area contributed by atoms with Gasteiger partial charge in [0.1, 0.15) is 0 Å². The molecule has 2 aliphatic heterocycles. The van der Waals surface area contributed by atoms with Crippen LogP contribution in [0.3, 0.4) is 0 Å². The molecule has 28 heavy (non-hydrogen) atoms. The van der Waals surface area contributed by atoms with Crippen molar-refractivity contribution < 1.29 is 4.74 Å². The maximum atomic E-state index is 6.05. The summed E-state index contributed by atoms with van der Waals surface area (Å²) in [6, 6.07) is 2.74. The Morgan fingerprint density at radius 2 is 2.04 bits per heavy atom. The highest BCUT2D eigenvalue weighted by Gasteiger charge is 2.66. The van der Waals surface area contributed by atoms with Crippen LogP contribution in [0.25, 0.3) is 0 Å². The number of guanidine groups is 1. The quantitative estimate of drug-likeness (QED) is 0.378. The van der Waals surface area contributed by atoms with Crippen LogP contribution in [0.1, 0.15) is 38.5 Å². The van der Waals surface area contributed by atoms with Gasteiger partial charge in [0.2, 0.25) is 5.95 Å². The molecule has 1 spiro atoms. The molecule has 0 amide bonds. The van der Waals surface area contributed by atoms with Crippen LogP contribution in [0.15, 0.2) is 23.5 Å². The van der Waals surface area contributed by atoms with E-state index < -0.39 is 0 Å². The van der Waals surface area contributed by atoms with Crippen molar-refractivity contribution in [2.45, 2.75) is 56.7 Å². The van der Waals surface area contributed by atoms with E-state index in [-0.39, 0.29) is 24.0 Å². The summed E-state index contributed by atoms with van der Waals surface area (Å²) < 4.78 is 6.05. The van der Waals surface area contributed by atoms with Gasteiger partial charge in [0.05, 0.1) is 6.10 Å². The Bertz CT molecular complexity index is 697. The monoisotopic (exact) mass is 498 g/mol. The molecule has 2 saturated heterocycles. The Morgan fingerprint density at radius 3 is 2.75 bits per heavy atom. The van der Waals surface area contributed by atoms with E-state index in [4.69, 9.17) is 4.74 Å². The minimum Gasteiger partial charge on any atom is -0.377 e. The summed E-state index contributed by atoms with van der Waals surface area (Å²) in [7, 11) is 1.88. The van der Waals surface area contributed by atoms with Crippen LogP contribution in [0, 0.1) is 11.3 Å². The van der Waals surface area contributed by atoms with Crippen LogP contribution in [-0.4, -0.2) is 60.9 Å². The number of halogens is 1. The molecule has 0 aromatic carbocycles. The van der Waals surface area contributed by atoms with Crippen molar-refractivity contribution in [1.82, 2.24) is 20.6 Å². The molecule has 0 bridgehead atoms. The van der Waals surface area contributed by atoms with E-state index in [0.717, 1.165) is 44.4 Å². The number of hydrogen-bond acceptors (Lipinski definition) is 5. The number of fused-ring (bicyclic) bond motifs is 2. The molecule has 4 fully saturated rings. The largest absolute Gasteiger partial charge is 0.377 e. The Balaban J connectivity index is 0.00000192. The molecular formula is C20H31IN6O. The van der Waals surface area contributed by atoms with E-state index in [2.05, 4.69) is 30.5 Å². The standard InChI is InChI=1S/C20H30N6O.HI/c1-21-18(25-16-15-6-12-27-17(15)20(16)7-3-8-20)24-14-5-2-11-26(13-14)19-22-9-4-10-23-19;/h4,9-10,14-17H,2-3,5-8,11-13H2,1H3,(H2,21,24,25);1H. The van der Waals surface area contributed by atoms with Crippen LogP contribution >= 0.6 is 24.0 Å². The number of rotatable bonds is 3. The molecule has 1 aromatic rings. The fraction of sp³-hybridized carbons (Fsp3) is 0.750. The van der Waals surface area contributed by atoms with Gasteiger partial charge >= 0.3 is 0 Å². The number of hydrogen-bond donors (Lipinski definition) is 2. The molecule has 2 aliphatic carbocycles. The van der Waals surface area contributed by atoms with E-state index in [0.29, 0.717) is 29.5 Å². The minimum absolute atomic E-state index is 0. The first-order valence-electron chi connectivity index (χ1n) is 10.4. The lowest BCUT2D eigenvalue weighted by molar-refractivity contribution is -0.171. The summed E-state index contributed by atoms with van der Waals surface area (Å²) in [5, 5.41) is 7.45. The van der Waals surface area contributed by atoms with Gasteiger partial charge in [0.15, 0.2) is 5.96 Å². The molecule has 3 heterocycles. The van der Waals surface area contributed by atoms with Crippen molar-refractivity contribution in [3.05, 3.63) is 18.5 Å². The van der Waals surface area contributed by atoms with E-state index in [1.165, 1.54) is 25.7 Å². The van der Waals surface area contributed by atoms with E-state index in [1.54, 1.807) is 0 Å². The molecule has 2 N–H and O–H groups in total. The first kappa shape index (κ1) is 20.1. The lowest BCUT2D eigenvalue weighted by Gasteiger charge is -2.63. The van der Waals surface area contributed by atoms with E-state index >= 15 is 0 Å². The third-order valence-electron chi connectivity index (χ3n) is 7.15. The van der Waals surface area contributed by atoms with Crippen molar-refractivity contribution in [3.63, 3.8) is 0 Å². The highest BCUT2D eigenvalue weighted by atomic mass is 127. The second-order valence-electron chi connectivity index (χ2n) is 8.50. The van der Waals surface area contributed by atoms with Gasteiger partial charge in [-0.05, 0) is 38.2 Å². The molecule has 2 saturated carbocycles. The molecule has 4 unspecified atom stereocenters. The van der Waals surface area contributed by atoms with Gasteiger partial charge < -0.3 is 20.3 Å².